The molecule has 1 aromatic rings. The number of hydroxylamine groups is 2. The van der Waals surface area contributed by atoms with E-state index in [2.05, 4.69) is 12.1 Å². The molecule has 0 radical (unpaired) electrons. The van der Waals surface area contributed by atoms with Crippen LogP contribution < -0.4 is 0 Å². The molecule has 1 amide bonds. The molecule has 1 heterocycles. The molecular weight excluding hydrogens is 214 g/mol. The van der Waals surface area contributed by atoms with Crippen molar-refractivity contribution in [2.24, 2.45) is 5.92 Å². The monoisotopic (exact) mass is 233 g/mol. The van der Waals surface area contributed by atoms with Gasteiger partial charge in [0, 0.05) is 12.5 Å². The lowest BCUT2D eigenvalue weighted by molar-refractivity contribution is -0.200. The molecule has 17 heavy (non-hydrogen) atoms. The molecule has 0 bridgehead atoms. The Labute approximate surface area is 102 Å². The average Bonchev–Trinajstić information content (AvgIpc) is 2.40. The van der Waals surface area contributed by atoms with E-state index >= 15 is 0 Å². The first kappa shape index (κ1) is 12.1. The SMILES string of the molecule is CC(Cc1ccccc1)C(=O)N1CCCCO1. The summed E-state index contributed by atoms with van der Waals surface area (Å²) in [6, 6.07) is 10.1. The van der Waals surface area contributed by atoms with Gasteiger partial charge in [-0.05, 0) is 24.8 Å². The minimum atomic E-state index is -0.0181. The number of hydrogen-bond acceptors (Lipinski definition) is 2. The molecule has 0 spiro atoms. The third-order valence-corrected chi connectivity index (χ3v) is 3.05. The van der Waals surface area contributed by atoms with Gasteiger partial charge in [0.2, 0.25) is 5.91 Å². The second kappa shape index (κ2) is 5.82. The average molecular weight is 233 g/mol. The van der Waals surface area contributed by atoms with Crippen molar-refractivity contribution in [3.8, 4) is 0 Å². The summed E-state index contributed by atoms with van der Waals surface area (Å²) in [6.07, 6.45) is 2.88. The molecule has 92 valence electrons. The Kier molecular flexibility index (Phi) is 4.15. The molecule has 1 aliphatic rings. The van der Waals surface area contributed by atoms with Crippen LogP contribution in [0.15, 0.2) is 30.3 Å². The van der Waals surface area contributed by atoms with Gasteiger partial charge in [-0.1, -0.05) is 37.3 Å². The molecule has 1 saturated heterocycles. The summed E-state index contributed by atoms with van der Waals surface area (Å²) in [5.41, 5.74) is 1.20. The van der Waals surface area contributed by atoms with Crippen LogP contribution in [0.4, 0.5) is 0 Å². The van der Waals surface area contributed by atoms with E-state index in [0.29, 0.717) is 6.61 Å². The summed E-state index contributed by atoms with van der Waals surface area (Å²) in [7, 11) is 0. The summed E-state index contributed by atoms with van der Waals surface area (Å²) in [5.74, 6) is 0.0871. The van der Waals surface area contributed by atoms with Crippen LogP contribution in [-0.4, -0.2) is 24.1 Å². The van der Waals surface area contributed by atoms with Crippen molar-refractivity contribution in [2.45, 2.75) is 26.2 Å². The van der Waals surface area contributed by atoms with Crippen molar-refractivity contribution in [3.63, 3.8) is 0 Å². The molecule has 3 heteroatoms. The van der Waals surface area contributed by atoms with Gasteiger partial charge in [0.1, 0.15) is 0 Å². The van der Waals surface area contributed by atoms with Crippen LogP contribution >= 0.6 is 0 Å². The van der Waals surface area contributed by atoms with Crippen LogP contribution in [0.2, 0.25) is 0 Å². The predicted octanol–water partition coefficient (Wildman–Crippen LogP) is 2.42. The van der Waals surface area contributed by atoms with Crippen LogP contribution in [0.1, 0.15) is 25.3 Å². The third kappa shape index (κ3) is 3.30. The Morgan fingerprint density at radius 2 is 2.12 bits per heavy atom. The Hall–Kier alpha value is -1.35. The van der Waals surface area contributed by atoms with E-state index in [4.69, 9.17) is 4.84 Å². The Morgan fingerprint density at radius 3 is 2.76 bits per heavy atom. The molecule has 1 unspecified atom stereocenters. The van der Waals surface area contributed by atoms with E-state index in [-0.39, 0.29) is 11.8 Å². The Bertz CT molecular complexity index is 358. The molecule has 1 fully saturated rings. The minimum Gasteiger partial charge on any atom is -0.272 e. The van der Waals surface area contributed by atoms with E-state index < -0.39 is 0 Å². The van der Waals surface area contributed by atoms with E-state index in [9.17, 15) is 4.79 Å². The van der Waals surface area contributed by atoms with Gasteiger partial charge in [0.05, 0.1) is 6.61 Å². The van der Waals surface area contributed by atoms with Gasteiger partial charge >= 0.3 is 0 Å². The van der Waals surface area contributed by atoms with Gasteiger partial charge in [0.15, 0.2) is 0 Å². The molecule has 0 aromatic heterocycles. The lowest BCUT2D eigenvalue weighted by atomic mass is 10.0. The van der Waals surface area contributed by atoms with E-state index in [1.165, 1.54) is 10.6 Å². The highest BCUT2D eigenvalue weighted by Gasteiger charge is 2.23. The Morgan fingerprint density at radius 1 is 1.35 bits per heavy atom. The second-order valence-corrected chi connectivity index (χ2v) is 4.57. The van der Waals surface area contributed by atoms with E-state index in [0.717, 1.165) is 25.8 Å². The molecule has 0 saturated carbocycles. The normalized spacial score (nSPS) is 17.8. The summed E-state index contributed by atoms with van der Waals surface area (Å²) < 4.78 is 0. The second-order valence-electron chi connectivity index (χ2n) is 4.57. The smallest absolute Gasteiger partial charge is 0.249 e. The number of carbonyl (C=O) groups is 1. The van der Waals surface area contributed by atoms with Gasteiger partial charge in [-0.3, -0.25) is 9.63 Å². The van der Waals surface area contributed by atoms with Gasteiger partial charge in [-0.2, -0.15) is 0 Å². The Balaban J connectivity index is 1.90. The van der Waals surface area contributed by atoms with Gasteiger partial charge < -0.3 is 0 Å². The van der Waals surface area contributed by atoms with Crippen molar-refractivity contribution >= 4 is 5.91 Å². The highest BCUT2D eigenvalue weighted by Crippen LogP contribution is 2.14. The van der Waals surface area contributed by atoms with Crippen molar-refractivity contribution < 1.29 is 9.63 Å². The fourth-order valence-corrected chi connectivity index (χ4v) is 2.07. The van der Waals surface area contributed by atoms with E-state index in [1.54, 1.807) is 0 Å². The zero-order chi connectivity index (χ0) is 12.1. The summed E-state index contributed by atoms with van der Waals surface area (Å²) in [4.78, 5) is 17.5. The zero-order valence-corrected chi connectivity index (χ0v) is 10.3. The number of carbonyl (C=O) groups excluding carboxylic acids is 1. The molecule has 0 N–H and O–H groups in total. The number of hydrogen-bond donors (Lipinski definition) is 0. The molecule has 1 atom stereocenters. The number of amides is 1. The molecule has 1 aromatic carbocycles. The minimum absolute atomic E-state index is 0.0181. The standard InChI is InChI=1S/C14H19NO2/c1-12(11-13-7-3-2-4-8-13)14(16)15-9-5-6-10-17-15/h2-4,7-8,12H,5-6,9-11H2,1H3. The third-order valence-electron chi connectivity index (χ3n) is 3.05. The highest BCUT2D eigenvalue weighted by atomic mass is 16.7. The topological polar surface area (TPSA) is 29.5 Å². The molecule has 0 aliphatic carbocycles. The number of rotatable bonds is 3. The molecule has 3 nitrogen and oxygen atoms in total. The summed E-state index contributed by atoms with van der Waals surface area (Å²) in [5, 5.41) is 1.54. The van der Waals surface area contributed by atoms with Crippen molar-refractivity contribution in [3.05, 3.63) is 35.9 Å². The molecule has 1 aliphatic heterocycles. The fraction of sp³-hybridized carbons (Fsp3) is 0.500. The highest BCUT2D eigenvalue weighted by molar-refractivity contribution is 5.77. The fourth-order valence-electron chi connectivity index (χ4n) is 2.07. The van der Waals surface area contributed by atoms with Crippen LogP contribution in [0, 0.1) is 5.92 Å². The van der Waals surface area contributed by atoms with Crippen molar-refractivity contribution in [2.75, 3.05) is 13.2 Å². The number of benzene rings is 1. The van der Waals surface area contributed by atoms with Gasteiger partial charge in [-0.15, -0.1) is 0 Å². The zero-order valence-electron chi connectivity index (χ0n) is 10.3. The van der Waals surface area contributed by atoms with Gasteiger partial charge in [-0.25, -0.2) is 5.06 Å². The van der Waals surface area contributed by atoms with E-state index in [1.807, 2.05) is 25.1 Å². The lowest BCUT2D eigenvalue weighted by Crippen LogP contribution is -2.39. The van der Waals surface area contributed by atoms with Crippen molar-refractivity contribution in [1.82, 2.24) is 5.06 Å². The lowest BCUT2D eigenvalue weighted by Gasteiger charge is -2.28. The quantitative estimate of drug-likeness (QED) is 0.802. The van der Waals surface area contributed by atoms with Crippen LogP contribution in [0.5, 0.6) is 0 Å². The van der Waals surface area contributed by atoms with Gasteiger partial charge in [0.25, 0.3) is 0 Å². The molecule has 2 rings (SSSR count). The maximum atomic E-state index is 12.1. The maximum Gasteiger partial charge on any atom is 0.249 e. The van der Waals surface area contributed by atoms with Crippen molar-refractivity contribution in [1.29, 1.82) is 0 Å². The largest absolute Gasteiger partial charge is 0.272 e. The van der Waals surface area contributed by atoms with Crippen LogP contribution in [-0.2, 0) is 16.1 Å². The predicted molar refractivity (Wildman–Crippen MR) is 66.2 cm³/mol. The number of nitrogens with zero attached hydrogens (tertiary/aromatic N) is 1. The van der Waals surface area contributed by atoms with Crippen LogP contribution in [0.3, 0.4) is 0 Å². The summed E-state index contributed by atoms with van der Waals surface area (Å²) in [6.45, 7) is 3.37. The first-order valence-electron chi connectivity index (χ1n) is 6.25. The maximum absolute atomic E-state index is 12.1. The molecular formula is C14H19NO2. The summed E-state index contributed by atoms with van der Waals surface area (Å²) >= 11 is 0. The first-order valence-corrected chi connectivity index (χ1v) is 6.25. The first-order chi connectivity index (χ1) is 8.27. The van der Waals surface area contributed by atoms with Crippen LogP contribution in [0.25, 0.3) is 0 Å².